The Morgan fingerprint density at radius 2 is 2.08 bits per heavy atom. The van der Waals surface area contributed by atoms with Crippen molar-refractivity contribution in [1.82, 2.24) is 14.9 Å². The molecule has 2 aromatic heterocycles. The molecule has 4 nitrogen and oxygen atoms in total. The summed E-state index contributed by atoms with van der Waals surface area (Å²) in [5.74, 6) is 1.59. The van der Waals surface area contributed by atoms with Gasteiger partial charge in [-0.15, -0.1) is 11.3 Å². The fraction of sp³-hybridized carbons (Fsp3) is 0.333. The molecule has 3 heterocycles. The summed E-state index contributed by atoms with van der Waals surface area (Å²) >= 11 is 3.44. The van der Waals surface area contributed by atoms with E-state index in [0.717, 1.165) is 47.2 Å². The molecule has 0 radical (unpaired) electrons. The van der Waals surface area contributed by atoms with Crippen molar-refractivity contribution in [3.05, 3.63) is 46.3 Å². The van der Waals surface area contributed by atoms with E-state index >= 15 is 0 Å². The normalized spacial score (nSPS) is 14.9. The van der Waals surface area contributed by atoms with Gasteiger partial charge in [-0.25, -0.2) is 9.97 Å². The predicted octanol–water partition coefficient (Wildman–Crippen LogP) is 3.94. The van der Waals surface area contributed by atoms with Crippen LogP contribution in [0.1, 0.15) is 22.9 Å². The maximum absolute atomic E-state index is 6.28. The predicted molar refractivity (Wildman–Crippen MR) is 102 cm³/mol. The summed E-state index contributed by atoms with van der Waals surface area (Å²) < 4.78 is 0. The Balaban J connectivity index is 1.65. The van der Waals surface area contributed by atoms with Gasteiger partial charge in [0, 0.05) is 24.5 Å². The molecule has 3 aromatic rings. The van der Waals surface area contributed by atoms with Crippen LogP contribution in [0.25, 0.3) is 10.2 Å². The lowest BCUT2D eigenvalue weighted by atomic mass is 10.1. The molecule has 0 fully saturated rings. The molecule has 124 valence electrons. The van der Waals surface area contributed by atoms with E-state index < -0.39 is 0 Å². The van der Waals surface area contributed by atoms with Gasteiger partial charge in [-0.3, -0.25) is 4.90 Å². The fourth-order valence-electron chi connectivity index (χ4n) is 3.21. The molecule has 24 heavy (non-hydrogen) atoms. The number of hydrogen-bond acceptors (Lipinski definition) is 6. The lowest BCUT2D eigenvalue weighted by molar-refractivity contribution is 0.248. The van der Waals surface area contributed by atoms with Crippen LogP contribution in [0.4, 0.5) is 5.82 Å². The number of anilines is 1. The van der Waals surface area contributed by atoms with E-state index in [1.807, 2.05) is 0 Å². The molecular formula is C18H20N4S2. The Kier molecular flexibility index (Phi) is 4.43. The number of thioether (sulfide) groups is 1. The molecule has 1 aliphatic heterocycles. The second kappa shape index (κ2) is 6.70. The zero-order valence-corrected chi connectivity index (χ0v) is 15.3. The van der Waals surface area contributed by atoms with E-state index in [4.69, 9.17) is 10.7 Å². The molecule has 0 aliphatic carbocycles. The number of benzene rings is 1. The summed E-state index contributed by atoms with van der Waals surface area (Å²) in [6, 6.07) is 10.6. The average molecular weight is 357 g/mol. The van der Waals surface area contributed by atoms with Gasteiger partial charge in [-0.1, -0.05) is 49.0 Å². The molecule has 6 heteroatoms. The number of nitrogen functional groups attached to an aromatic ring is 1. The van der Waals surface area contributed by atoms with E-state index in [0.29, 0.717) is 5.82 Å². The number of hydrogen-bond donors (Lipinski definition) is 1. The van der Waals surface area contributed by atoms with Crippen molar-refractivity contribution in [2.75, 3.05) is 18.0 Å². The van der Waals surface area contributed by atoms with Crippen LogP contribution < -0.4 is 5.73 Å². The molecule has 4 rings (SSSR count). The topological polar surface area (TPSA) is 55.0 Å². The molecule has 0 bridgehead atoms. The van der Waals surface area contributed by atoms with Gasteiger partial charge in [-0.05, 0) is 23.3 Å². The number of nitrogens with zero attached hydrogens (tertiary/aromatic N) is 3. The highest BCUT2D eigenvalue weighted by molar-refractivity contribution is 7.99. The average Bonchev–Trinajstić information content (AvgIpc) is 2.94. The molecule has 0 amide bonds. The largest absolute Gasteiger partial charge is 0.383 e. The summed E-state index contributed by atoms with van der Waals surface area (Å²) in [6.45, 7) is 5.09. The minimum absolute atomic E-state index is 0.634. The molecule has 0 saturated carbocycles. The van der Waals surface area contributed by atoms with Crippen molar-refractivity contribution >= 4 is 39.1 Å². The fourth-order valence-corrected chi connectivity index (χ4v) is 5.03. The molecule has 0 spiro atoms. The summed E-state index contributed by atoms with van der Waals surface area (Å²) in [6.07, 6.45) is 1.07. The maximum atomic E-state index is 6.28. The first kappa shape index (κ1) is 15.9. The monoisotopic (exact) mass is 356 g/mol. The van der Waals surface area contributed by atoms with Crippen molar-refractivity contribution in [3.63, 3.8) is 0 Å². The van der Waals surface area contributed by atoms with Crippen molar-refractivity contribution < 1.29 is 0 Å². The van der Waals surface area contributed by atoms with E-state index in [-0.39, 0.29) is 0 Å². The first-order valence-corrected chi connectivity index (χ1v) is 10.0. The Labute approximate surface area is 150 Å². The maximum Gasteiger partial charge on any atom is 0.190 e. The Hall–Kier alpha value is -1.63. The molecule has 0 saturated heterocycles. The summed E-state index contributed by atoms with van der Waals surface area (Å²) in [7, 11) is 0. The van der Waals surface area contributed by atoms with Crippen molar-refractivity contribution in [2.45, 2.75) is 31.6 Å². The highest BCUT2D eigenvalue weighted by Crippen LogP contribution is 2.37. The van der Waals surface area contributed by atoms with Gasteiger partial charge >= 0.3 is 0 Å². The second-order valence-corrected chi connectivity index (χ2v) is 8.27. The quantitative estimate of drug-likeness (QED) is 0.567. The van der Waals surface area contributed by atoms with Crippen LogP contribution in [0.15, 0.2) is 35.5 Å². The zero-order chi connectivity index (χ0) is 16.5. The second-order valence-electron chi connectivity index (χ2n) is 5.95. The molecular weight excluding hydrogens is 336 g/mol. The van der Waals surface area contributed by atoms with E-state index in [1.54, 1.807) is 23.1 Å². The van der Waals surface area contributed by atoms with Gasteiger partial charge in [0.25, 0.3) is 0 Å². The standard InChI is InChI=1S/C18H20N4S2/c1-2-23-18-20-16(19)15-13-11-22(10-12-6-4-3-5-7-12)9-8-14(13)24-17(15)21-18/h3-7H,2,8-11H2,1H3,(H2,19,20,21). The molecule has 2 N–H and O–H groups in total. The molecule has 0 atom stereocenters. The summed E-state index contributed by atoms with van der Waals surface area (Å²) in [4.78, 5) is 14.2. The van der Waals surface area contributed by atoms with Crippen molar-refractivity contribution in [1.29, 1.82) is 0 Å². The van der Waals surface area contributed by atoms with E-state index in [2.05, 4.69) is 47.1 Å². The minimum Gasteiger partial charge on any atom is -0.383 e. The van der Waals surface area contributed by atoms with Crippen LogP contribution in [0.2, 0.25) is 0 Å². The Bertz CT molecular complexity index is 860. The van der Waals surface area contributed by atoms with Crippen LogP contribution in [0, 0.1) is 0 Å². The van der Waals surface area contributed by atoms with Crippen LogP contribution >= 0.6 is 23.1 Å². The molecule has 1 aromatic carbocycles. The SMILES string of the molecule is CCSc1nc(N)c2c3c(sc2n1)CCN(Cc1ccccc1)C3. The number of rotatable bonds is 4. The highest BCUT2D eigenvalue weighted by atomic mass is 32.2. The lowest BCUT2D eigenvalue weighted by Gasteiger charge is -2.27. The van der Waals surface area contributed by atoms with Crippen LogP contribution in [0.3, 0.4) is 0 Å². The summed E-state index contributed by atoms with van der Waals surface area (Å²) in [5, 5.41) is 1.87. The zero-order valence-electron chi connectivity index (χ0n) is 13.7. The van der Waals surface area contributed by atoms with Gasteiger partial charge in [0.15, 0.2) is 5.16 Å². The highest BCUT2D eigenvalue weighted by Gasteiger charge is 2.24. The minimum atomic E-state index is 0.634. The van der Waals surface area contributed by atoms with Crippen molar-refractivity contribution in [2.24, 2.45) is 0 Å². The van der Waals surface area contributed by atoms with Crippen LogP contribution in [-0.4, -0.2) is 27.2 Å². The number of nitrogens with two attached hydrogens (primary N) is 1. The third kappa shape index (κ3) is 3.01. The third-order valence-electron chi connectivity index (χ3n) is 4.30. The third-order valence-corrected chi connectivity index (χ3v) is 6.22. The number of fused-ring (bicyclic) bond motifs is 3. The first-order valence-electron chi connectivity index (χ1n) is 8.21. The van der Waals surface area contributed by atoms with Gasteiger partial charge in [0.05, 0.1) is 5.39 Å². The lowest BCUT2D eigenvalue weighted by Crippen LogP contribution is -2.29. The number of aromatic nitrogens is 2. The smallest absolute Gasteiger partial charge is 0.190 e. The van der Waals surface area contributed by atoms with Crippen molar-refractivity contribution in [3.8, 4) is 0 Å². The van der Waals surface area contributed by atoms with Gasteiger partial charge in [0.2, 0.25) is 0 Å². The van der Waals surface area contributed by atoms with Crippen LogP contribution in [-0.2, 0) is 19.5 Å². The van der Waals surface area contributed by atoms with Gasteiger partial charge in [0.1, 0.15) is 10.6 Å². The van der Waals surface area contributed by atoms with E-state index in [1.165, 1.54) is 16.0 Å². The first-order chi connectivity index (χ1) is 11.7. The van der Waals surface area contributed by atoms with Gasteiger partial charge in [-0.2, -0.15) is 0 Å². The summed E-state index contributed by atoms with van der Waals surface area (Å²) in [5.41, 5.74) is 8.97. The Morgan fingerprint density at radius 3 is 2.88 bits per heavy atom. The molecule has 0 unspecified atom stereocenters. The Morgan fingerprint density at radius 1 is 1.25 bits per heavy atom. The van der Waals surface area contributed by atoms with Gasteiger partial charge < -0.3 is 5.73 Å². The van der Waals surface area contributed by atoms with Crippen LogP contribution in [0.5, 0.6) is 0 Å². The molecule has 1 aliphatic rings. The van der Waals surface area contributed by atoms with E-state index in [9.17, 15) is 0 Å². The number of thiophene rings is 1.